The summed E-state index contributed by atoms with van der Waals surface area (Å²) in [7, 11) is 0. The van der Waals surface area contributed by atoms with Gasteiger partial charge in [-0.05, 0) is 57.7 Å². The van der Waals surface area contributed by atoms with E-state index in [4.69, 9.17) is 4.74 Å². The van der Waals surface area contributed by atoms with E-state index in [0.717, 1.165) is 37.8 Å². The minimum absolute atomic E-state index is 0.00208. The predicted octanol–water partition coefficient (Wildman–Crippen LogP) is 2.73. The zero-order valence-corrected chi connectivity index (χ0v) is 13.0. The van der Waals surface area contributed by atoms with Gasteiger partial charge in [-0.15, -0.1) is 0 Å². The van der Waals surface area contributed by atoms with Gasteiger partial charge in [0.1, 0.15) is 0 Å². The van der Waals surface area contributed by atoms with E-state index < -0.39 is 0 Å². The van der Waals surface area contributed by atoms with Gasteiger partial charge in [0.2, 0.25) is 5.91 Å². The van der Waals surface area contributed by atoms with Crippen molar-refractivity contribution in [3.8, 4) is 0 Å². The summed E-state index contributed by atoms with van der Waals surface area (Å²) in [5.74, 6) is 0.815. The van der Waals surface area contributed by atoms with Gasteiger partial charge in [0.05, 0.1) is 6.04 Å². The van der Waals surface area contributed by atoms with Crippen molar-refractivity contribution in [1.82, 2.24) is 5.32 Å². The molecule has 1 amide bonds. The van der Waals surface area contributed by atoms with Crippen molar-refractivity contribution in [2.24, 2.45) is 5.92 Å². The number of carbonyl (C=O) groups is 1. The van der Waals surface area contributed by atoms with Gasteiger partial charge < -0.3 is 15.4 Å². The number of anilines is 1. The average Bonchev–Trinajstić information content (AvgIpc) is 3.29. The van der Waals surface area contributed by atoms with E-state index in [1.54, 1.807) is 0 Å². The molecule has 1 saturated carbocycles. The van der Waals surface area contributed by atoms with Crippen LogP contribution in [-0.4, -0.2) is 31.7 Å². The summed E-state index contributed by atoms with van der Waals surface area (Å²) in [5, 5.41) is 6.14. The number of hydrogen-bond acceptors (Lipinski definition) is 3. The molecule has 2 N–H and O–H groups in total. The molecule has 4 nitrogen and oxygen atoms in total. The van der Waals surface area contributed by atoms with Crippen LogP contribution in [0.2, 0.25) is 0 Å². The summed E-state index contributed by atoms with van der Waals surface area (Å²) in [6.07, 6.45) is 3.60. The van der Waals surface area contributed by atoms with Crippen molar-refractivity contribution in [2.75, 3.05) is 25.1 Å². The van der Waals surface area contributed by atoms with Gasteiger partial charge in [0.25, 0.3) is 0 Å². The van der Waals surface area contributed by atoms with Crippen LogP contribution in [0.5, 0.6) is 0 Å². The minimum Gasteiger partial charge on any atom is -0.381 e. The summed E-state index contributed by atoms with van der Waals surface area (Å²) in [4.78, 5) is 12.0. The van der Waals surface area contributed by atoms with Crippen LogP contribution in [0.15, 0.2) is 24.3 Å². The predicted molar refractivity (Wildman–Crippen MR) is 85.4 cm³/mol. The molecular weight excluding hydrogens is 264 g/mol. The standard InChI is InChI=1S/C17H26N2O2/c1-13-4-8-16(9-5-13)19-17(20)14(2)18-10-3-11-21-12-15-6-7-15/h4-5,8-9,14-15,18H,3,6-7,10-12H2,1-2H3,(H,19,20). The number of ether oxygens (including phenoxy) is 1. The molecule has 0 radical (unpaired) electrons. The lowest BCUT2D eigenvalue weighted by Crippen LogP contribution is -2.38. The van der Waals surface area contributed by atoms with E-state index >= 15 is 0 Å². The second-order valence-electron chi connectivity index (χ2n) is 5.90. The summed E-state index contributed by atoms with van der Waals surface area (Å²) >= 11 is 0. The molecule has 0 heterocycles. The Bertz CT molecular complexity index is 441. The third-order valence-electron chi connectivity index (χ3n) is 3.68. The Morgan fingerprint density at radius 3 is 2.71 bits per heavy atom. The lowest BCUT2D eigenvalue weighted by atomic mass is 10.2. The van der Waals surface area contributed by atoms with Crippen molar-refractivity contribution in [2.45, 2.75) is 39.2 Å². The molecule has 1 aliphatic carbocycles. The summed E-state index contributed by atoms with van der Waals surface area (Å²) in [6, 6.07) is 7.63. The van der Waals surface area contributed by atoms with Crippen LogP contribution in [0, 0.1) is 12.8 Å². The van der Waals surface area contributed by atoms with Crippen LogP contribution in [0.1, 0.15) is 31.7 Å². The number of rotatable bonds is 9. The summed E-state index contributed by atoms with van der Waals surface area (Å²) in [6.45, 7) is 6.39. The number of carbonyl (C=O) groups excluding carboxylic acids is 1. The fraction of sp³-hybridized carbons (Fsp3) is 0.588. The van der Waals surface area contributed by atoms with Gasteiger partial charge in [-0.1, -0.05) is 17.7 Å². The molecule has 1 aromatic rings. The van der Waals surface area contributed by atoms with Gasteiger partial charge in [-0.25, -0.2) is 0 Å². The van der Waals surface area contributed by atoms with Crippen molar-refractivity contribution < 1.29 is 9.53 Å². The molecule has 0 aromatic heterocycles. The maximum absolute atomic E-state index is 12.0. The Balaban J connectivity index is 1.57. The smallest absolute Gasteiger partial charge is 0.241 e. The van der Waals surface area contributed by atoms with E-state index in [1.165, 1.54) is 18.4 Å². The zero-order chi connectivity index (χ0) is 15.1. The van der Waals surface area contributed by atoms with Gasteiger partial charge in [0, 0.05) is 18.9 Å². The lowest BCUT2D eigenvalue weighted by molar-refractivity contribution is -0.117. The first-order valence-electron chi connectivity index (χ1n) is 7.84. The first-order chi connectivity index (χ1) is 10.1. The molecule has 116 valence electrons. The van der Waals surface area contributed by atoms with Gasteiger partial charge in [-0.2, -0.15) is 0 Å². The van der Waals surface area contributed by atoms with Crippen LogP contribution in [-0.2, 0) is 9.53 Å². The number of hydrogen-bond donors (Lipinski definition) is 2. The Morgan fingerprint density at radius 2 is 2.05 bits per heavy atom. The van der Waals surface area contributed by atoms with Gasteiger partial charge in [-0.3, -0.25) is 4.79 Å². The number of nitrogens with one attached hydrogen (secondary N) is 2. The fourth-order valence-corrected chi connectivity index (χ4v) is 2.01. The molecule has 1 aliphatic rings. The third kappa shape index (κ3) is 6.27. The Morgan fingerprint density at radius 1 is 1.33 bits per heavy atom. The minimum atomic E-state index is -0.199. The Labute approximate surface area is 127 Å². The number of aryl methyl sites for hydroxylation is 1. The SMILES string of the molecule is Cc1ccc(NC(=O)C(C)NCCCOCC2CC2)cc1. The zero-order valence-electron chi connectivity index (χ0n) is 13.0. The molecule has 1 fully saturated rings. The first-order valence-corrected chi connectivity index (χ1v) is 7.84. The van der Waals surface area contributed by atoms with Crippen LogP contribution in [0.4, 0.5) is 5.69 Å². The topological polar surface area (TPSA) is 50.4 Å². The first kappa shape index (κ1) is 16.0. The quantitative estimate of drug-likeness (QED) is 0.688. The highest BCUT2D eigenvalue weighted by Gasteiger charge is 2.20. The van der Waals surface area contributed by atoms with E-state index in [2.05, 4.69) is 10.6 Å². The monoisotopic (exact) mass is 290 g/mol. The van der Waals surface area contributed by atoms with Gasteiger partial charge in [0.15, 0.2) is 0 Å². The Hall–Kier alpha value is -1.39. The highest BCUT2D eigenvalue weighted by atomic mass is 16.5. The van der Waals surface area contributed by atoms with Gasteiger partial charge >= 0.3 is 0 Å². The van der Waals surface area contributed by atoms with Crippen molar-refractivity contribution >= 4 is 11.6 Å². The normalized spacial score (nSPS) is 15.7. The molecule has 2 rings (SSSR count). The lowest BCUT2D eigenvalue weighted by Gasteiger charge is -2.14. The average molecular weight is 290 g/mol. The molecule has 1 aromatic carbocycles. The van der Waals surface area contributed by atoms with Crippen molar-refractivity contribution in [3.63, 3.8) is 0 Å². The van der Waals surface area contributed by atoms with Crippen molar-refractivity contribution in [1.29, 1.82) is 0 Å². The molecule has 0 aliphatic heterocycles. The number of amides is 1. The molecule has 21 heavy (non-hydrogen) atoms. The molecule has 0 saturated heterocycles. The molecule has 0 bridgehead atoms. The largest absolute Gasteiger partial charge is 0.381 e. The molecule has 1 atom stereocenters. The van der Waals surface area contributed by atoms with Crippen molar-refractivity contribution in [3.05, 3.63) is 29.8 Å². The van der Waals surface area contributed by atoms with E-state index in [1.807, 2.05) is 38.1 Å². The van der Waals surface area contributed by atoms with E-state index in [0.29, 0.717) is 0 Å². The third-order valence-corrected chi connectivity index (χ3v) is 3.68. The van der Waals surface area contributed by atoms with E-state index in [9.17, 15) is 4.79 Å². The highest BCUT2D eigenvalue weighted by Crippen LogP contribution is 2.28. The van der Waals surface area contributed by atoms with Crippen LogP contribution >= 0.6 is 0 Å². The molecule has 1 unspecified atom stereocenters. The van der Waals surface area contributed by atoms with Crippen LogP contribution in [0.25, 0.3) is 0 Å². The summed E-state index contributed by atoms with van der Waals surface area (Å²) in [5.41, 5.74) is 2.03. The fourth-order valence-electron chi connectivity index (χ4n) is 2.01. The van der Waals surface area contributed by atoms with Crippen LogP contribution < -0.4 is 10.6 Å². The maximum Gasteiger partial charge on any atom is 0.241 e. The molecule has 0 spiro atoms. The second-order valence-corrected chi connectivity index (χ2v) is 5.90. The maximum atomic E-state index is 12.0. The number of benzene rings is 1. The molecular formula is C17H26N2O2. The molecule has 4 heteroatoms. The summed E-state index contributed by atoms with van der Waals surface area (Å²) < 4.78 is 5.57. The Kier molecular flexibility index (Phi) is 6.21. The second kappa shape index (κ2) is 8.15. The van der Waals surface area contributed by atoms with Crippen LogP contribution in [0.3, 0.4) is 0 Å². The highest BCUT2D eigenvalue weighted by molar-refractivity contribution is 5.94. The van der Waals surface area contributed by atoms with E-state index in [-0.39, 0.29) is 11.9 Å².